The van der Waals surface area contributed by atoms with Gasteiger partial charge < -0.3 is 23.5 Å². The van der Waals surface area contributed by atoms with E-state index < -0.39 is 17.6 Å². The van der Waals surface area contributed by atoms with Crippen LogP contribution in [-0.2, 0) is 28.4 Å². The van der Waals surface area contributed by atoms with Gasteiger partial charge in [0, 0.05) is 38.4 Å². The van der Waals surface area contributed by atoms with Crippen LogP contribution in [0.1, 0.15) is 46.7 Å². The van der Waals surface area contributed by atoms with E-state index in [0.717, 1.165) is 49.0 Å². The lowest BCUT2D eigenvalue weighted by Crippen LogP contribution is -2.33. The van der Waals surface area contributed by atoms with Crippen molar-refractivity contribution in [1.29, 1.82) is 0 Å². The van der Waals surface area contributed by atoms with Crippen molar-refractivity contribution in [2.75, 3.05) is 26.8 Å². The summed E-state index contributed by atoms with van der Waals surface area (Å²) in [6.45, 7) is 5.54. The van der Waals surface area contributed by atoms with Crippen molar-refractivity contribution in [3.8, 4) is 11.5 Å². The smallest absolute Gasteiger partial charge is 0.338 e. The van der Waals surface area contributed by atoms with Crippen LogP contribution in [0.4, 0.5) is 4.39 Å². The molecule has 5 heterocycles. The van der Waals surface area contributed by atoms with Crippen LogP contribution in [0.25, 0.3) is 11.0 Å². The zero-order chi connectivity index (χ0) is 29.5. The number of pyridine rings is 1. The van der Waals surface area contributed by atoms with Gasteiger partial charge in [-0.2, -0.15) is 0 Å². The number of aromatic nitrogens is 3. The molecular weight excluding hydrogens is 575 g/mol. The first-order valence-corrected chi connectivity index (χ1v) is 14.9. The Hall–Kier alpha value is -3.73. The van der Waals surface area contributed by atoms with Crippen LogP contribution < -0.4 is 9.47 Å². The molecule has 1 aliphatic carbocycles. The van der Waals surface area contributed by atoms with Crippen LogP contribution >= 0.6 is 11.6 Å². The molecule has 2 aromatic carbocycles. The van der Waals surface area contributed by atoms with Crippen LogP contribution in [0, 0.1) is 17.7 Å². The van der Waals surface area contributed by atoms with E-state index in [-0.39, 0.29) is 17.2 Å². The normalized spacial score (nSPS) is 27.3. The second-order valence-corrected chi connectivity index (χ2v) is 12.4. The second kappa shape index (κ2) is 9.90. The molecular formula is C32H30ClFN4O5. The number of likely N-dealkylation sites (tertiary alicyclic amines) is 1. The quantitative estimate of drug-likeness (QED) is 0.263. The summed E-state index contributed by atoms with van der Waals surface area (Å²) in [4.78, 5) is 23.7. The van der Waals surface area contributed by atoms with Gasteiger partial charge in [-0.05, 0) is 54.5 Å². The van der Waals surface area contributed by atoms with E-state index in [1.165, 1.54) is 13.2 Å². The Bertz CT molecular complexity index is 1750. The Balaban J connectivity index is 1.01. The lowest BCUT2D eigenvalue weighted by Gasteiger charge is -2.28. The Kier molecular flexibility index (Phi) is 6.19. The number of para-hydroxylation sites is 1. The standard InChI is InChI=1S/C32H30ClFN4O5/c1-32(26-7-6-18(33)12-35-26)42-25-5-3-4-20(30(25)43-32)28-21-14-37(15-22(21)28)16-27-36-29-23(34)10-17(31(39)40-2)11-24(29)38(27)13-19-8-9-41-19/h3-7,10-12,19,21-22,28H,8-9,13-16H2,1-2H3/t19?,21-,22+,28?,32?. The first kappa shape index (κ1) is 26.9. The Morgan fingerprint density at radius 1 is 1.19 bits per heavy atom. The number of halogens is 2. The number of carbonyl (C=O) groups excluding carboxylic acids is 1. The van der Waals surface area contributed by atoms with Crippen molar-refractivity contribution >= 4 is 28.6 Å². The van der Waals surface area contributed by atoms with E-state index >= 15 is 4.39 Å². The van der Waals surface area contributed by atoms with Crippen LogP contribution in [0.5, 0.6) is 11.5 Å². The maximum atomic E-state index is 15.1. The minimum atomic E-state index is -1.02. The van der Waals surface area contributed by atoms with Gasteiger partial charge in [0.05, 0.1) is 42.4 Å². The number of nitrogens with zero attached hydrogens (tertiary/aromatic N) is 4. The highest BCUT2D eigenvalue weighted by Crippen LogP contribution is 2.62. The van der Waals surface area contributed by atoms with Crippen molar-refractivity contribution in [2.45, 2.75) is 44.2 Å². The molecule has 4 aliphatic rings. The number of hydrogen-bond acceptors (Lipinski definition) is 8. The van der Waals surface area contributed by atoms with E-state index in [1.54, 1.807) is 18.3 Å². The highest BCUT2D eigenvalue weighted by Gasteiger charge is 2.58. The number of carbonyl (C=O) groups is 1. The Morgan fingerprint density at radius 2 is 2.00 bits per heavy atom. The summed E-state index contributed by atoms with van der Waals surface area (Å²) in [6, 6.07) is 12.6. The molecule has 3 aliphatic heterocycles. The molecule has 9 nitrogen and oxygen atoms in total. The van der Waals surface area contributed by atoms with E-state index in [4.69, 9.17) is 35.5 Å². The third kappa shape index (κ3) is 4.46. The summed E-state index contributed by atoms with van der Waals surface area (Å²) in [5.74, 6) is 1.48. The van der Waals surface area contributed by atoms with Gasteiger partial charge in [-0.3, -0.25) is 9.88 Å². The number of imidazole rings is 1. The summed E-state index contributed by atoms with van der Waals surface area (Å²) < 4.78 is 40.4. The van der Waals surface area contributed by atoms with Crippen molar-refractivity contribution in [1.82, 2.24) is 19.4 Å². The largest absolute Gasteiger partial charge is 0.465 e. The van der Waals surface area contributed by atoms with Crippen molar-refractivity contribution < 1.29 is 28.1 Å². The van der Waals surface area contributed by atoms with Gasteiger partial charge in [0.15, 0.2) is 17.3 Å². The molecule has 0 amide bonds. The van der Waals surface area contributed by atoms with Gasteiger partial charge in [0.1, 0.15) is 17.0 Å². The maximum absolute atomic E-state index is 15.1. The highest BCUT2D eigenvalue weighted by molar-refractivity contribution is 6.30. The van der Waals surface area contributed by atoms with Crippen LogP contribution in [0.2, 0.25) is 5.02 Å². The Labute approximate surface area is 252 Å². The number of rotatable bonds is 7. The van der Waals surface area contributed by atoms with Crippen LogP contribution in [-0.4, -0.2) is 58.3 Å². The third-order valence-corrected chi connectivity index (χ3v) is 9.51. The van der Waals surface area contributed by atoms with Gasteiger partial charge in [0.2, 0.25) is 0 Å². The minimum Gasteiger partial charge on any atom is -0.465 e. The summed E-state index contributed by atoms with van der Waals surface area (Å²) in [5, 5.41) is 0.557. The number of piperidine rings is 1. The number of ether oxygens (including phenoxy) is 4. The highest BCUT2D eigenvalue weighted by atomic mass is 35.5. The summed E-state index contributed by atoms with van der Waals surface area (Å²) >= 11 is 6.04. The van der Waals surface area contributed by atoms with E-state index in [9.17, 15) is 4.79 Å². The molecule has 3 fully saturated rings. The van der Waals surface area contributed by atoms with Gasteiger partial charge in [0.25, 0.3) is 5.79 Å². The summed E-state index contributed by atoms with van der Waals surface area (Å²) in [5.41, 5.74) is 2.84. The summed E-state index contributed by atoms with van der Waals surface area (Å²) in [6.07, 6.45) is 2.58. The maximum Gasteiger partial charge on any atom is 0.338 e. The molecule has 43 heavy (non-hydrogen) atoms. The molecule has 4 aromatic rings. The molecule has 5 atom stereocenters. The Morgan fingerprint density at radius 3 is 2.70 bits per heavy atom. The van der Waals surface area contributed by atoms with Gasteiger partial charge in [-0.15, -0.1) is 0 Å². The number of fused-ring (bicyclic) bond motifs is 3. The number of benzene rings is 2. The minimum absolute atomic E-state index is 0.0495. The van der Waals surface area contributed by atoms with E-state index in [0.29, 0.717) is 47.1 Å². The zero-order valence-corrected chi connectivity index (χ0v) is 24.5. The number of hydrogen-bond donors (Lipinski definition) is 0. The number of esters is 1. The molecule has 0 radical (unpaired) electrons. The molecule has 2 saturated heterocycles. The van der Waals surface area contributed by atoms with E-state index in [1.807, 2.05) is 29.7 Å². The molecule has 222 valence electrons. The van der Waals surface area contributed by atoms with Gasteiger partial charge in [-0.1, -0.05) is 23.7 Å². The molecule has 8 rings (SSSR count). The molecule has 11 heteroatoms. The second-order valence-electron chi connectivity index (χ2n) is 12.0. The fourth-order valence-electron chi connectivity index (χ4n) is 6.99. The first-order valence-electron chi connectivity index (χ1n) is 14.5. The van der Waals surface area contributed by atoms with E-state index in [2.05, 4.69) is 16.0 Å². The average molecular weight is 605 g/mol. The first-order chi connectivity index (χ1) is 20.8. The molecule has 0 spiro atoms. The number of methoxy groups -OCH3 is 1. The molecule has 0 N–H and O–H groups in total. The zero-order valence-electron chi connectivity index (χ0n) is 23.8. The fourth-order valence-corrected chi connectivity index (χ4v) is 7.10. The van der Waals surface area contributed by atoms with Crippen LogP contribution in [0.3, 0.4) is 0 Å². The average Bonchev–Trinajstić information content (AvgIpc) is 3.26. The van der Waals surface area contributed by atoms with Crippen molar-refractivity contribution in [2.24, 2.45) is 11.8 Å². The topological polar surface area (TPSA) is 87.9 Å². The van der Waals surface area contributed by atoms with Crippen molar-refractivity contribution in [3.63, 3.8) is 0 Å². The molecule has 1 saturated carbocycles. The monoisotopic (exact) mass is 604 g/mol. The SMILES string of the molecule is COC(=O)c1cc(F)c2nc(CN3C[C@@H]4C(c5cccc6c5OC(C)(c5ccc(Cl)cn5)O6)[C@@H]4C3)n(CC3CCO3)c2c1. The lowest BCUT2D eigenvalue weighted by atomic mass is 10.0. The van der Waals surface area contributed by atoms with Gasteiger partial charge in [-0.25, -0.2) is 14.2 Å². The predicted octanol–water partition coefficient (Wildman–Crippen LogP) is 5.29. The fraction of sp³-hybridized carbons (Fsp3) is 0.406. The molecule has 2 aromatic heterocycles. The predicted molar refractivity (Wildman–Crippen MR) is 155 cm³/mol. The van der Waals surface area contributed by atoms with Crippen LogP contribution in [0.15, 0.2) is 48.7 Å². The summed E-state index contributed by atoms with van der Waals surface area (Å²) in [7, 11) is 1.29. The molecule has 0 bridgehead atoms. The third-order valence-electron chi connectivity index (χ3n) is 9.28. The molecule has 3 unspecified atom stereocenters. The van der Waals surface area contributed by atoms with Crippen molar-refractivity contribution in [3.05, 3.63) is 82.1 Å². The lowest BCUT2D eigenvalue weighted by molar-refractivity contribution is -0.0721. The van der Waals surface area contributed by atoms with Gasteiger partial charge >= 0.3 is 5.97 Å².